The molecule has 1 saturated heterocycles. The summed E-state index contributed by atoms with van der Waals surface area (Å²) in [7, 11) is 0. The molecule has 116 valence electrons. The van der Waals surface area contributed by atoms with Crippen molar-refractivity contribution in [1.82, 2.24) is 10.2 Å². The van der Waals surface area contributed by atoms with Crippen LogP contribution in [-0.4, -0.2) is 29.3 Å². The highest BCUT2D eigenvalue weighted by atomic mass is 16.6. The summed E-state index contributed by atoms with van der Waals surface area (Å²) < 4.78 is 5.49. The Morgan fingerprint density at radius 3 is 2.62 bits per heavy atom. The van der Waals surface area contributed by atoms with Crippen molar-refractivity contribution in [3.8, 4) is 0 Å². The van der Waals surface area contributed by atoms with Gasteiger partial charge in [-0.2, -0.15) is 0 Å². The van der Waals surface area contributed by atoms with Crippen molar-refractivity contribution in [2.24, 2.45) is 0 Å². The maximum atomic E-state index is 12.3. The number of ether oxygens (including phenoxy) is 1. The second kappa shape index (κ2) is 6.48. The van der Waals surface area contributed by atoms with E-state index >= 15 is 0 Å². The summed E-state index contributed by atoms with van der Waals surface area (Å²) in [5.74, 6) is 0. The average Bonchev–Trinajstić information content (AvgIpc) is 2.86. The Labute approximate surface area is 127 Å². The van der Waals surface area contributed by atoms with Gasteiger partial charge in [-0.1, -0.05) is 30.3 Å². The van der Waals surface area contributed by atoms with Crippen LogP contribution < -0.4 is 5.32 Å². The lowest BCUT2D eigenvalue weighted by Crippen LogP contribution is -2.47. The van der Waals surface area contributed by atoms with Crippen LogP contribution in [0.2, 0.25) is 0 Å². The molecule has 21 heavy (non-hydrogen) atoms. The molecule has 0 bridgehead atoms. The van der Waals surface area contributed by atoms with Gasteiger partial charge in [-0.25, -0.2) is 4.79 Å². The van der Waals surface area contributed by atoms with Crippen molar-refractivity contribution >= 4 is 6.09 Å². The van der Waals surface area contributed by atoms with Gasteiger partial charge in [0.1, 0.15) is 5.60 Å². The molecule has 0 aliphatic carbocycles. The number of nitrogens with zero attached hydrogens (tertiary/aromatic N) is 1. The molecule has 1 heterocycles. The van der Waals surface area contributed by atoms with E-state index in [0.29, 0.717) is 0 Å². The minimum absolute atomic E-state index is 0.0510. The van der Waals surface area contributed by atoms with Gasteiger partial charge >= 0.3 is 6.09 Å². The summed E-state index contributed by atoms with van der Waals surface area (Å²) >= 11 is 0. The monoisotopic (exact) mass is 290 g/mol. The largest absolute Gasteiger partial charge is 0.444 e. The van der Waals surface area contributed by atoms with Crippen LogP contribution in [-0.2, 0) is 4.74 Å². The normalized spacial score (nSPS) is 20.4. The summed E-state index contributed by atoms with van der Waals surface area (Å²) in [6.07, 6.45) is 1.81. The summed E-state index contributed by atoms with van der Waals surface area (Å²) in [5.41, 5.74) is 0.781. The number of hydrogen-bond donors (Lipinski definition) is 1. The summed E-state index contributed by atoms with van der Waals surface area (Å²) in [6.45, 7) is 8.58. The van der Waals surface area contributed by atoms with Crippen molar-refractivity contribution in [1.29, 1.82) is 0 Å². The van der Waals surface area contributed by atoms with E-state index in [-0.39, 0.29) is 18.3 Å². The molecule has 1 aromatic rings. The van der Waals surface area contributed by atoms with Crippen LogP contribution >= 0.6 is 0 Å². The summed E-state index contributed by atoms with van der Waals surface area (Å²) in [6, 6.07) is 10.5. The maximum absolute atomic E-state index is 12.3. The lowest BCUT2D eigenvalue weighted by molar-refractivity contribution is 0.0191. The minimum Gasteiger partial charge on any atom is -0.444 e. The Morgan fingerprint density at radius 2 is 2.00 bits per heavy atom. The van der Waals surface area contributed by atoms with Crippen LogP contribution in [0.3, 0.4) is 0 Å². The van der Waals surface area contributed by atoms with Crippen LogP contribution in [0.5, 0.6) is 0 Å². The van der Waals surface area contributed by atoms with Crippen LogP contribution in [0.4, 0.5) is 4.79 Å². The number of rotatable bonds is 3. The Morgan fingerprint density at radius 1 is 1.33 bits per heavy atom. The molecule has 2 atom stereocenters. The smallest absolute Gasteiger partial charge is 0.411 e. The van der Waals surface area contributed by atoms with E-state index in [1.54, 1.807) is 0 Å². The number of nitrogens with one attached hydrogen (secondary N) is 1. The molecule has 1 aliphatic heterocycles. The Balaban J connectivity index is 1.97. The maximum Gasteiger partial charge on any atom is 0.411 e. The molecule has 0 spiro atoms. The Kier molecular flexibility index (Phi) is 4.88. The standard InChI is InChI=1S/C17H26N2O2/c1-13(14-9-6-5-7-10-14)18-15-11-8-12-19(15)16(20)21-17(2,3)4/h5-7,9-10,13,15,18H,8,11-12H2,1-4H3/t13-,15?/m1/s1. The van der Waals surface area contributed by atoms with Crippen molar-refractivity contribution in [3.63, 3.8) is 0 Å². The molecule has 4 nitrogen and oxygen atoms in total. The quantitative estimate of drug-likeness (QED) is 0.923. The second-order valence-corrected chi connectivity index (χ2v) is 6.63. The van der Waals surface area contributed by atoms with Crippen molar-refractivity contribution in [3.05, 3.63) is 35.9 Å². The van der Waals surface area contributed by atoms with E-state index < -0.39 is 5.60 Å². The number of carbonyl (C=O) groups excluding carboxylic acids is 1. The first kappa shape index (κ1) is 15.8. The van der Waals surface area contributed by atoms with E-state index in [2.05, 4.69) is 24.4 Å². The van der Waals surface area contributed by atoms with E-state index in [9.17, 15) is 4.79 Å². The van der Waals surface area contributed by atoms with Crippen LogP contribution in [0.1, 0.15) is 52.1 Å². The van der Waals surface area contributed by atoms with Crippen molar-refractivity contribution < 1.29 is 9.53 Å². The number of amides is 1. The SMILES string of the molecule is C[C@@H](NC1CCCN1C(=O)OC(C)(C)C)c1ccccc1. The van der Waals surface area contributed by atoms with Crippen molar-refractivity contribution in [2.45, 2.75) is 58.3 Å². The topological polar surface area (TPSA) is 41.6 Å². The molecule has 0 aromatic heterocycles. The zero-order chi connectivity index (χ0) is 15.5. The highest BCUT2D eigenvalue weighted by Gasteiger charge is 2.32. The van der Waals surface area contributed by atoms with E-state index in [1.807, 2.05) is 43.9 Å². The molecule has 1 N–H and O–H groups in total. The fraction of sp³-hybridized carbons (Fsp3) is 0.588. The van der Waals surface area contributed by atoms with Gasteiger partial charge < -0.3 is 4.74 Å². The van der Waals surface area contributed by atoms with E-state index in [1.165, 1.54) is 5.56 Å². The number of benzene rings is 1. The van der Waals surface area contributed by atoms with Gasteiger partial charge in [-0.3, -0.25) is 10.2 Å². The van der Waals surface area contributed by atoms with Gasteiger partial charge in [0.15, 0.2) is 0 Å². The van der Waals surface area contributed by atoms with E-state index in [4.69, 9.17) is 4.74 Å². The predicted octanol–water partition coefficient (Wildman–Crippen LogP) is 3.69. The summed E-state index contributed by atoms with van der Waals surface area (Å²) in [4.78, 5) is 14.1. The molecule has 1 fully saturated rings. The van der Waals surface area contributed by atoms with Gasteiger partial charge in [0, 0.05) is 12.6 Å². The Bertz CT molecular complexity index is 467. The lowest BCUT2D eigenvalue weighted by atomic mass is 10.1. The third kappa shape index (κ3) is 4.46. The van der Waals surface area contributed by atoms with Gasteiger partial charge in [0.2, 0.25) is 0 Å². The van der Waals surface area contributed by atoms with Crippen molar-refractivity contribution in [2.75, 3.05) is 6.54 Å². The van der Waals surface area contributed by atoms with Gasteiger partial charge in [0.05, 0.1) is 6.17 Å². The molecule has 2 rings (SSSR count). The molecule has 1 aromatic carbocycles. The molecule has 1 unspecified atom stereocenters. The first-order valence-electron chi connectivity index (χ1n) is 7.67. The highest BCUT2D eigenvalue weighted by Crippen LogP contribution is 2.22. The first-order chi connectivity index (χ1) is 9.87. The number of carbonyl (C=O) groups is 1. The third-order valence-electron chi connectivity index (χ3n) is 3.62. The van der Waals surface area contributed by atoms with Crippen LogP contribution in [0.15, 0.2) is 30.3 Å². The lowest BCUT2D eigenvalue weighted by Gasteiger charge is -2.30. The van der Waals surface area contributed by atoms with Gasteiger partial charge in [-0.15, -0.1) is 0 Å². The third-order valence-corrected chi connectivity index (χ3v) is 3.62. The number of hydrogen-bond acceptors (Lipinski definition) is 3. The minimum atomic E-state index is -0.449. The summed E-state index contributed by atoms with van der Waals surface area (Å²) in [5, 5.41) is 3.54. The van der Waals surface area contributed by atoms with Crippen LogP contribution in [0, 0.1) is 0 Å². The zero-order valence-corrected chi connectivity index (χ0v) is 13.4. The molecule has 1 amide bonds. The molecular formula is C17H26N2O2. The Hall–Kier alpha value is -1.55. The highest BCUT2D eigenvalue weighted by molar-refractivity contribution is 5.68. The zero-order valence-electron chi connectivity index (χ0n) is 13.4. The van der Waals surface area contributed by atoms with Gasteiger partial charge in [0.25, 0.3) is 0 Å². The molecule has 4 heteroatoms. The van der Waals surface area contributed by atoms with Gasteiger partial charge in [-0.05, 0) is 46.1 Å². The number of likely N-dealkylation sites (tertiary alicyclic amines) is 1. The first-order valence-corrected chi connectivity index (χ1v) is 7.67. The molecule has 0 radical (unpaired) electrons. The fourth-order valence-electron chi connectivity index (χ4n) is 2.61. The average molecular weight is 290 g/mol. The van der Waals surface area contributed by atoms with E-state index in [0.717, 1.165) is 19.4 Å². The fourth-order valence-corrected chi connectivity index (χ4v) is 2.61. The molecular weight excluding hydrogens is 264 g/mol. The van der Waals surface area contributed by atoms with Crippen LogP contribution in [0.25, 0.3) is 0 Å². The molecule has 1 aliphatic rings. The second-order valence-electron chi connectivity index (χ2n) is 6.63. The predicted molar refractivity (Wildman–Crippen MR) is 84.0 cm³/mol. The molecule has 0 saturated carbocycles.